The smallest absolute Gasteiger partial charge is 0.515 e. The van der Waals surface area contributed by atoms with Crippen LogP contribution < -0.4 is 29.3 Å². The van der Waals surface area contributed by atoms with Gasteiger partial charge in [0.2, 0.25) is 6.61 Å². The normalized spacial score (nSPS) is 10.9. The van der Waals surface area contributed by atoms with E-state index in [1.54, 1.807) is 75.5 Å². The van der Waals surface area contributed by atoms with E-state index in [-0.39, 0.29) is 40.4 Å². The van der Waals surface area contributed by atoms with E-state index in [2.05, 4.69) is 87.4 Å². The van der Waals surface area contributed by atoms with Crippen molar-refractivity contribution in [2.24, 2.45) is 0 Å². The number of benzene rings is 4. The summed E-state index contributed by atoms with van der Waals surface area (Å²) in [6.07, 6.45) is 42.1. The number of carbonyl (C=O) groups is 1. The third-order valence-corrected chi connectivity index (χ3v) is 27.7. The Kier molecular flexibility index (Phi) is 59.5. The van der Waals surface area contributed by atoms with Crippen LogP contribution in [0, 0.1) is 48.4 Å². The Balaban J connectivity index is 0.00000150. The molecule has 0 fully saturated rings. The van der Waals surface area contributed by atoms with Crippen LogP contribution in [-0.4, -0.2) is 153 Å². The van der Waals surface area contributed by atoms with Crippen molar-refractivity contribution in [3.8, 4) is 58.5 Å². The molecule has 4 rings (SSSR count). The molecule has 4 aromatic rings. The maximum atomic E-state index is 12.1. The fourth-order valence-corrected chi connectivity index (χ4v) is 21.4. The van der Waals surface area contributed by atoms with Crippen LogP contribution in [0.2, 0.25) is 12.1 Å². The second-order valence-electron chi connectivity index (χ2n) is 23.7. The fourth-order valence-electron chi connectivity index (χ4n) is 10.2. The summed E-state index contributed by atoms with van der Waals surface area (Å²) in [6.45, 7) is 30.0. The minimum atomic E-state index is -2.71. The molecule has 576 valence electrons. The van der Waals surface area contributed by atoms with Crippen LogP contribution in [0.4, 0.5) is 4.79 Å². The van der Waals surface area contributed by atoms with Gasteiger partial charge in [-0.05, 0) is 178 Å². The van der Waals surface area contributed by atoms with Gasteiger partial charge in [-0.1, -0.05) is 128 Å². The average Bonchev–Trinajstić information content (AvgIpc) is 0.844. The summed E-state index contributed by atoms with van der Waals surface area (Å²) in [7, 11) is 1.62. The molecular formula is C82H128N2O14P2PtSi2+2. The van der Waals surface area contributed by atoms with Gasteiger partial charge in [0.05, 0.1) is 50.7 Å². The molecule has 1 amide bonds. The van der Waals surface area contributed by atoms with Gasteiger partial charge in [0, 0.05) is 127 Å². The van der Waals surface area contributed by atoms with Gasteiger partial charge < -0.3 is 60.7 Å². The molecule has 2 radical (unpaired) electrons. The third-order valence-electron chi connectivity index (χ3n) is 15.7. The summed E-state index contributed by atoms with van der Waals surface area (Å²) in [5.41, 5.74) is 5.63. The molecule has 4 aromatic carbocycles. The number of nitrogens with one attached hydrogen (secondary N) is 2. The summed E-state index contributed by atoms with van der Waals surface area (Å²) < 4.78 is 67.3. The largest absolute Gasteiger partial charge is 0.719 e. The van der Waals surface area contributed by atoms with E-state index in [4.69, 9.17) is 72.9 Å². The summed E-state index contributed by atoms with van der Waals surface area (Å²) in [4.78, 5) is 15.1. The van der Waals surface area contributed by atoms with Crippen molar-refractivity contribution in [1.82, 2.24) is 5.32 Å². The minimum Gasteiger partial charge on any atom is -0.515 e. The molecule has 0 atom stereocenters. The molecule has 0 bridgehead atoms. The molecule has 21 heteroatoms. The predicted molar refractivity (Wildman–Crippen MR) is 426 cm³/mol. The topological polar surface area (TPSA) is 177 Å². The number of carbonyl (C=O) groups excluding carboxylic acids is 1. The Morgan fingerprint density at radius 1 is 0.437 bits per heavy atom. The van der Waals surface area contributed by atoms with Crippen LogP contribution in [0.15, 0.2) is 72.8 Å². The number of alkyl carbamates (subject to hydrolysis) is 1. The van der Waals surface area contributed by atoms with Crippen molar-refractivity contribution < 1.29 is 90.9 Å². The zero-order valence-electron chi connectivity index (χ0n) is 65.6. The maximum absolute atomic E-state index is 12.1. The van der Waals surface area contributed by atoms with E-state index < -0.39 is 23.7 Å². The Bertz CT molecular complexity index is 3010. The predicted octanol–water partition coefficient (Wildman–Crippen LogP) is 16.6. The van der Waals surface area contributed by atoms with Crippen molar-refractivity contribution in [3.63, 3.8) is 0 Å². The molecular weight excluding hydrogens is 1550 g/mol. The van der Waals surface area contributed by atoms with Crippen LogP contribution in [0.1, 0.15) is 217 Å². The molecule has 0 aliphatic carbocycles. The van der Waals surface area contributed by atoms with Crippen LogP contribution >= 0.6 is 15.8 Å². The Morgan fingerprint density at radius 3 is 1.04 bits per heavy atom. The zero-order valence-corrected chi connectivity index (χ0v) is 71.6. The first kappa shape index (κ1) is 97.6. The van der Waals surface area contributed by atoms with Gasteiger partial charge in [-0.2, -0.15) is 0 Å². The maximum Gasteiger partial charge on any atom is 0.719 e. The van der Waals surface area contributed by atoms with Gasteiger partial charge in [0.1, 0.15) is 29.6 Å². The van der Waals surface area contributed by atoms with Crippen LogP contribution in [0.25, 0.3) is 0 Å². The van der Waals surface area contributed by atoms with E-state index >= 15 is 0 Å². The summed E-state index contributed by atoms with van der Waals surface area (Å²) >= 11 is 0. The van der Waals surface area contributed by atoms with Crippen molar-refractivity contribution in [2.45, 2.75) is 198 Å². The summed E-state index contributed by atoms with van der Waals surface area (Å²) in [5.74, 6) is 19.1. The molecule has 0 heterocycles. The van der Waals surface area contributed by atoms with Crippen molar-refractivity contribution in [1.29, 1.82) is 0 Å². The molecule has 0 saturated heterocycles. The summed E-state index contributed by atoms with van der Waals surface area (Å²) in [5, 5.41) is 10.8. The van der Waals surface area contributed by atoms with Crippen molar-refractivity contribution in [2.75, 3.05) is 118 Å². The number of amides is 1. The van der Waals surface area contributed by atoms with Gasteiger partial charge in [-0.25, -0.2) is 4.79 Å². The van der Waals surface area contributed by atoms with E-state index in [9.17, 15) is 4.79 Å². The molecule has 0 aliphatic rings. The Morgan fingerprint density at radius 2 is 0.738 bits per heavy atom. The molecule has 0 aromatic heterocycles. The monoisotopic (exact) mass is 1680 g/mol. The van der Waals surface area contributed by atoms with E-state index in [1.165, 1.54) is 91.3 Å². The van der Waals surface area contributed by atoms with Gasteiger partial charge >= 0.3 is 29.8 Å². The first-order valence-electron chi connectivity index (χ1n) is 37.3. The van der Waals surface area contributed by atoms with Crippen molar-refractivity contribution >= 4 is 45.6 Å². The first-order chi connectivity index (χ1) is 49.6. The van der Waals surface area contributed by atoms with Crippen LogP contribution in [0.3, 0.4) is 0 Å². The molecule has 0 aliphatic heterocycles. The van der Waals surface area contributed by atoms with E-state index in [1.807, 2.05) is 90.1 Å². The molecule has 0 unspecified atom stereocenters. The number of unbranched alkanes of at least 4 members (excludes halogenated alkanes) is 6. The Hall–Kier alpha value is -5.40. The van der Waals surface area contributed by atoms with Gasteiger partial charge in [-0.3, -0.25) is 4.74 Å². The van der Waals surface area contributed by atoms with Gasteiger partial charge in [0.25, 0.3) is 0 Å². The number of hydrogen-bond acceptors (Lipinski definition) is 13. The number of hydrogen-bond donors (Lipinski definition) is 2. The fraction of sp³-hybridized carbons (Fsp3) is 0.585. The van der Waals surface area contributed by atoms with Crippen LogP contribution in [0.5, 0.6) is 23.0 Å². The number of rotatable bonds is 46. The second kappa shape index (κ2) is 62.8. The number of methoxy groups -OCH3 is 4. The molecule has 16 nitrogen and oxygen atoms in total. The van der Waals surface area contributed by atoms with Gasteiger partial charge in [-0.15, -0.1) is 20.8 Å². The summed E-state index contributed by atoms with van der Waals surface area (Å²) in [6, 6.07) is 23.1. The number of ether oxygens (including phenoxy) is 6. The minimum absolute atomic E-state index is 0. The van der Waals surface area contributed by atoms with E-state index in [0.29, 0.717) is 132 Å². The molecule has 103 heavy (non-hydrogen) atoms. The third kappa shape index (κ3) is 42.5. The zero-order chi connectivity index (χ0) is 75.5. The molecule has 4 N–H and O–H groups in total. The average molecular weight is 1680 g/mol. The first-order valence-corrected chi connectivity index (χ1v) is 45.0. The van der Waals surface area contributed by atoms with Crippen LogP contribution in [-0.2, 0) is 70.3 Å². The van der Waals surface area contributed by atoms with Gasteiger partial charge in [0.15, 0.2) is 6.54 Å². The van der Waals surface area contributed by atoms with Crippen molar-refractivity contribution in [3.05, 3.63) is 130 Å². The quantitative estimate of drug-likeness (QED) is 0.00813. The Labute approximate surface area is 642 Å². The molecule has 0 spiro atoms. The standard InChI is InChI=1S/2C29H36NO7Si.2C12H27P.Pt/c2*1-7-25-20-28(33-6)26(21-27(25)32-5)17-16-23-12-14-24(15-13-23)22-34-29(31)30-18-11-19-38(35-8-2,36-9-3)37-10-4;2*1-4-7-10-13(11-8-5-2)12-9-6-3;/h2*12-15,20-21H,8-11,18-19,22H2,2-6H3,(H,30,31);2*4-12H2,1-3H3;/p+2. The SMILES string of the molecule is CCCCP(CCCC)CCCC.CCCCP(CCCC)CCCC.[C]#Cc1cc(OC)c(C#Cc2ccc(COC(=O)NCCC[Si](OCC)(OCC)OCC)cc2)cc1OC.[C]#Cc1cc(OC)c(C#Cc2ccc(COC([OH2+])=[NH+]CCC[Si](OCC)(OCC)OCC)cc2)cc1OC.[Pt]. The second-order valence-corrected chi connectivity index (χ2v) is 34.5. The van der Waals surface area contributed by atoms with E-state index in [0.717, 1.165) is 28.7 Å². The molecule has 0 saturated carbocycles.